The van der Waals surface area contributed by atoms with E-state index in [1.165, 1.54) is 11.8 Å². The summed E-state index contributed by atoms with van der Waals surface area (Å²) < 4.78 is 23.0. The van der Waals surface area contributed by atoms with Gasteiger partial charge in [-0.2, -0.15) is 11.8 Å². The van der Waals surface area contributed by atoms with E-state index in [4.69, 9.17) is 16.4 Å². The minimum absolute atomic E-state index is 0.0230. The summed E-state index contributed by atoms with van der Waals surface area (Å²) >= 11 is 7.09. The maximum Gasteiger partial charge on any atom is 0.437 e. The van der Waals surface area contributed by atoms with E-state index in [2.05, 4.69) is 10.5 Å². The van der Waals surface area contributed by atoms with Crippen LogP contribution in [-0.2, 0) is 14.7 Å². The second-order valence-corrected chi connectivity index (χ2v) is 7.96. The van der Waals surface area contributed by atoms with Gasteiger partial charge in [-0.25, -0.2) is 13.2 Å². The Morgan fingerprint density at radius 3 is 2.71 bits per heavy atom. The van der Waals surface area contributed by atoms with Gasteiger partial charge in [-0.15, -0.1) is 0 Å². The fourth-order valence-corrected chi connectivity index (χ4v) is 5.04. The zero-order valence-corrected chi connectivity index (χ0v) is 13.5. The van der Waals surface area contributed by atoms with Crippen molar-refractivity contribution >= 4 is 50.7 Å². The summed E-state index contributed by atoms with van der Waals surface area (Å²) in [6.45, 7) is 0. The molecule has 1 amide bonds. The molecule has 21 heavy (non-hydrogen) atoms. The first-order valence-electron chi connectivity index (χ1n) is 5.93. The molecule has 1 aliphatic rings. The average molecular weight is 349 g/mol. The summed E-state index contributed by atoms with van der Waals surface area (Å²) in [5.74, 6) is -0.151. The third-order valence-corrected chi connectivity index (χ3v) is 5.81. The Morgan fingerprint density at radius 1 is 1.43 bits per heavy atom. The van der Waals surface area contributed by atoms with Gasteiger partial charge in [-0.1, -0.05) is 16.8 Å². The molecule has 6 nitrogen and oxygen atoms in total. The predicted octanol–water partition coefficient (Wildman–Crippen LogP) is 2.40. The molecule has 0 aliphatic carbocycles. The molecule has 9 heteroatoms. The molecule has 114 valence electrons. The number of hydrogen-bond acceptors (Lipinski definition) is 6. The number of halogens is 1. The molecule has 1 saturated heterocycles. The number of anilines is 1. The lowest BCUT2D eigenvalue weighted by atomic mass is 10.3. The van der Waals surface area contributed by atoms with Crippen LogP contribution in [0.1, 0.15) is 0 Å². The van der Waals surface area contributed by atoms with Crippen LogP contribution in [-0.4, -0.2) is 43.2 Å². The monoisotopic (exact) mass is 348 g/mol. The summed E-state index contributed by atoms with van der Waals surface area (Å²) in [5, 5.41) is 6.41. The fraction of sp³-hybridized carbons (Fsp3) is 0.333. The lowest BCUT2D eigenvalue weighted by molar-refractivity contribution is 0.166. The van der Waals surface area contributed by atoms with E-state index in [-0.39, 0.29) is 16.8 Å². The number of sulfone groups is 1. The summed E-state index contributed by atoms with van der Waals surface area (Å²) in [4.78, 5) is 16.3. The number of benzene rings is 1. The Kier molecular flexibility index (Phi) is 5.13. The van der Waals surface area contributed by atoms with Crippen molar-refractivity contribution < 1.29 is 18.0 Å². The van der Waals surface area contributed by atoms with Crippen molar-refractivity contribution in [1.29, 1.82) is 0 Å². The van der Waals surface area contributed by atoms with Gasteiger partial charge in [-0.05, 0) is 30.5 Å². The highest BCUT2D eigenvalue weighted by molar-refractivity contribution is 8.02. The number of hydrogen-bond donors (Lipinski definition) is 1. The first kappa shape index (κ1) is 16.1. The summed E-state index contributed by atoms with van der Waals surface area (Å²) in [6.07, 6.45) is 1.00. The summed E-state index contributed by atoms with van der Waals surface area (Å²) in [6, 6.07) is 6.47. The highest BCUT2D eigenvalue weighted by Crippen LogP contribution is 2.20. The van der Waals surface area contributed by atoms with Crippen LogP contribution in [0.25, 0.3) is 0 Å². The zero-order chi connectivity index (χ0) is 15.5. The van der Waals surface area contributed by atoms with E-state index in [0.717, 1.165) is 0 Å². The van der Waals surface area contributed by atoms with Crippen molar-refractivity contribution in [3.63, 3.8) is 0 Å². The van der Waals surface area contributed by atoms with Gasteiger partial charge in [0, 0.05) is 10.7 Å². The standard InChI is InChI=1S/C12H13ClN2O4S2/c1-20-11-7-21(17,18)6-10(11)15-19-12(16)14-9-4-2-8(13)3-5-9/h2-5,11H,6-7H2,1H3,(H,14,16)/b15-10-/t11-/m1/s1. The van der Waals surface area contributed by atoms with Crippen LogP contribution in [0.5, 0.6) is 0 Å². The molecule has 1 N–H and O–H groups in total. The number of thioether (sulfide) groups is 1. The Balaban J connectivity index is 1.97. The predicted molar refractivity (Wildman–Crippen MR) is 84.9 cm³/mol. The molecule has 0 aromatic heterocycles. The molecule has 0 unspecified atom stereocenters. The van der Waals surface area contributed by atoms with Crippen molar-refractivity contribution in [3.05, 3.63) is 29.3 Å². The topological polar surface area (TPSA) is 84.8 Å². The zero-order valence-electron chi connectivity index (χ0n) is 11.1. The maximum atomic E-state index is 11.6. The second kappa shape index (κ2) is 6.67. The van der Waals surface area contributed by atoms with Crippen LogP contribution in [0, 0.1) is 0 Å². The molecule has 2 rings (SSSR count). The van der Waals surface area contributed by atoms with Crippen LogP contribution in [0.3, 0.4) is 0 Å². The van der Waals surface area contributed by atoms with Gasteiger partial charge in [0.05, 0.1) is 22.5 Å². The molecule has 1 atom stereocenters. The van der Waals surface area contributed by atoms with E-state index in [9.17, 15) is 13.2 Å². The first-order valence-corrected chi connectivity index (χ1v) is 9.42. The van der Waals surface area contributed by atoms with Crippen molar-refractivity contribution in [3.8, 4) is 0 Å². The molecule has 1 fully saturated rings. The van der Waals surface area contributed by atoms with E-state index in [1.54, 1.807) is 30.5 Å². The minimum Gasteiger partial charge on any atom is -0.298 e. The van der Waals surface area contributed by atoms with Gasteiger partial charge in [-0.3, -0.25) is 10.2 Å². The van der Waals surface area contributed by atoms with Gasteiger partial charge in [0.25, 0.3) is 0 Å². The van der Waals surface area contributed by atoms with E-state index >= 15 is 0 Å². The first-order chi connectivity index (χ1) is 9.89. The second-order valence-electron chi connectivity index (χ2n) is 4.37. The highest BCUT2D eigenvalue weighted by atomic mass is 35.5. The van der Waals surface area contributed by atoms with Gasteiger partial charge in [0.2, 0.25) is 0 Å². The molecule has 1 aliphatic heterocycles. The van der Waals surface area contributed by atoms with Gasteiger partial charge >= 0.3 is 6.09 Å². The molecule has 1 heterocycles. The highest BCUT2D eigenvalue weighted by Gasteiger charge is 2.34. The van der Waals surface area contributed by atoms with Crippen molar-refractivity contribution in [2.45, 2.75) is 5.25 Å². The number of nitrogens with one attached hydrogen (secondary N) is 1. The summed E-state index contributed by atoms with van der Waals surface area (Å²) in [7, 11) is -3.15. The maximum absolute atomic E-state index is 11.6. The number of nitrogens with zero attached hydrogens (tertiary/aromatic N) is 1. The SMILES string of the molecule is CS[C@@H]1CS(=O)(=O)C/C1=N/OC(=O)Nc1ccc(Cl)cc1. The van der Waals surface area contributed by atoms with E-state index < -0.39 is 15.9 Å². The van der Waals surface area contributed by atoms with Crippen LogP contribution < -0.4 is 5.32 Å². The van der Waals surface area contributed by atoms with Crippen LogP contribution >= 0.6 is 23.4 Å². The number of carbonyl (C=O) groups excluding carboxylic acids is 1. The molecule has 0 bridgehead atoms. The van der Waals surface area contributed by atoms with Crippen LogP contribution in [0.4, 0.5) is 10.5 Å². The fourth-order valence-electron chi connectivity index (χ4n) is 1.77. The van der Waals surface area contributed by atoms with Crippen LogP contribution in [0.2, 0.25) is 5.02 Å². The van der Waals surface area contributed by atoms with Crippen LogP contribution in [0.15, 0.2) is 29.4 Å². The molecule has 0 saturated carbocycles. The number of amides is 1. The van der Waals surface area contributed by atoms with Gasteiger partial charge in [0.15, 0.2) is 9.84 Å². The Hall–Kier alpha value is -1.25. The number of carbonyl (C=O) groups is 1. The van der Waals surface area contributed by atoms with E-state index in [1.807, 2.05) is 0 Å². The quantitative estimate of drug-likeness (QED) is 0.669. The Labute approximate surface area is 131 Å². The molecular weight excluding hydrogens is 336 g/mol. The Bertz CT molecular complexity index is 658. The minimum atomic E-state index is -3.15. The molecule has 0 spiro atoms. The van der Waals surface area contributed by atoms with Crippen molar-refractivity contribution in [2.24, 2.45) is 5.16 Å². The number of rotatable bonds is 3. The Morgan fingerprint density at radius 2 is 2.10 bits per heavy atom. The largest absolute Gasteiger partial charge is 0.437 e. The number of oxime groups is 1. The molecular formula is C12H13ClN2O4S2. The normalized spacial score (nSPS) is 22.2. The van der Waals surface area contributed by atoms with Gasteiger partial charge in [0.1, 0.15) is 0 Å². The lowest BCUT2D eigenvalue weighted by Gasteiger charge is -2.05. The third kappa shape index (κ3) is 4.62. The molecule has 1 aromatic carbocycles. The van der Waals surface area contributed by atoms with Crippen molar-refractivity contribution in [2.75, 3.05) is 23.1 Å². The lowest BCUT2D eigenvalue weighted by Crippen LogP contribution is -2.17. The third-order valence-electron chi connectivity index (χ3n) is 2.77. The molecule has 1 aromatic rings. The summed E-state index contributed by atoms with van der Waals surface area (Å²) in [5.41, 5.74) is 0.860. The average Bonchev–Trinajstić information content (AvgIpc) is 2.73. The van der Waals surface area contributed by atoms with Gasteiger partial charge < -0.3 is 0 Å². The van der Waals surface area contributed by atoms with Crippen molar-refractivity contribution in [1.82, 2.24) is 0 Å². The van der Waals surface area contributed by atoms with E-state index in [0.29, 0.717) is 16.4 Å². The smallest absolute Gasteiger partial charge is 0.298 e. The molecule has 0 radical (unpaired) electrons.